The van der Waals surface area contributed by atoms with Crippen molar-refractivity contribution in [2.75, 3.05) is 19.7 Å². The van der Waals surface area contributed by atoms with Gasteiger partial charge in [0.05, 0.1) is 12.7 Å². The zero-order valence-electron chi connectivity index (χ0n) is 10.2. The molecule has 2 aliphatic heterocycles. The van der Waals surface area contributed by atoms with Crippen LogP contribution in [-0.2, 0) is 4.74 Å². The normalized spacial score (nSPS) is 31.1. The first-order chi connectivity index (χ1) is 7.83. The quantitative estimate of drug-likeness (QED) is 0.860. The minimum absolute atomic E-state index is 0. The summed E-state index contributed by atoms with van der Waals surface area (Å²) < 4.78 is 5.93. The Kier molecular flexibility index (Phi) is 5.89. The molecule has 18 heavy (non-hydrogen) atoms. The van der Waals surface area contributed by atoms with Gasteiger partial charge in [0.25, 0.3) is 0 Å². The summed E-state index contributed by atoms with van der Waals surface area (Å²) in [5.74, 6) is 0. The summed E-state index contributed by atoms with van der Waals surface area (Å²) in [6.07, 6.45) is 1.31. The van der Waals surface area contributed by atoms with Gasteiger partial charge in [0.1, 0.15) is 0 Å². The predicted molar refractivity (Wildman–Crippen MR) is 77.6 cm³/mol. The third-order valence-electron chi connectivity index (χ3n) is 3.62. The molecule has 0 unspecified atom stereocenters. The zero-order chi connectivity index (χ0) is 11.0. The number of hydrogen-bond acceptors (Lipinski definition) is 3. The Morgan fingerprint density at radius 3 is 2.56 bits per heavy atom. The highest BCUT2D eigenvalue weighted by Crippen LogP contribution is 2.29. The molecule has 0 aliphatic carbocycles. The Hall–Kier alpha value is -0.320. The van der Waals surface area contributed by atoms with Crippen molar-refractivity contribution < 1.29 is 4.74 Å². The average molecular weight is 291 g/mol. The molecule has 5 heteroatoms. The molecule has 3 rings (SSSR count). The summed E-state index contributed by atoms with van der Waals surface area (Å²) in [4.78, 5) is 2.48. The van der Waals surface area contributed by atoms with Gasteiger partial charge >= 0.3 is 0 Å². The molecular formula is C13H20Cl2N2O. The molecule has 2 saturated heterocycles. The fourth-order valence-electron chi connectivity index (χ4n) is 2.78. The minimum Gasteiger partial charge on any atom is -0.371 e. The van der Waals surface area contributed by atoms with Gasteiger partial charge < -0.3 is 10.5 Å². The molecule has 0 radical (unpaired) electrons. The first-order valence-corrected chi connectivity index (χ1v) is 5.99. The van der Waals surface area contributed by atoms with E-state index in [1.54, 1.807) is 0 Å². The maximum Gasteiger partial charge on any atom is 0.0952 e. The van der Waals surface area contributed by atoms with Crippen molar-refractivity contribution in [1.29, 1.82) is 0 Å². The van der Waals surface area contributed by atoms with Crippen LogP contribution in [0.1, 0.15) is 18.1 Å². The molecule has 2 N–H and O–H groups in total. The zero-order valence-corrected chi connectivity index (χ0v) is 11.8. The molecule has 0 bridgehead atoms. The van der Waals surface area contributed by atoms with Gasteiger partial charge in [0.2, 0.25) is 0 Å². The predicted octanol–water partition coefficient (Wildman–Crippen LogP) is 2.00. The number of morpholine rings is 1. The largest absolute Gasteiger partial charge is 0.371 e. The molecule has 0 amide bonds. The van der Waals surface area contributed by atoms with Crippen LogP contribution in [0.4, 0.5) is 0 Å². The Labute approximate surface area is 120 Å². The Morgan fingerprint density at radius 1 is 1.11 bits per heavy atom. The number of fused-ring (bicyclic) bond motifs is 1. The van der Waals surface area contributed by atoms with Crippen LogP contribution in [0.3, 0.4) is 0 Å². The van der Waals surface area contributed by atoms with Gasteiger partial charge in [-0.25, -0.2) is 0 Å². The lowest BCUT2D eigenvalue weighted by molar-refractivity contribution is -0.0501. The summed E-state index contributed by atoms with van der Waals surface area (Å²) in [5.41, 5.74) is 7.26. The summed E-state index contributed by atoms with van der Waals surface area (Å²) in [6.45, 7) is 2.84. The molecule has 0 aromatic heterocycles. The summed E-state index contributed by atoms with van der Waals surface area (Å²) in [5, 5.41) is 0. The van der Waals surface area contributed by atoms with Crippen molar-refractivity contribution in [1.82, 2.24) is 4.90 Å². The lowest BCUT2D eigenvalue weighted by Gasteiger charge is -2.35. The van der Waals surface area contributed by atoms with Crippen molar-refractivity contribution in [3.05, 3.63) is 35.9 Å². The molecule has 1 aromatic carbocycles. The summed E-state index contributed by atoms with van der Waals surface area (Å²) >= 11 is 0. The highest BCUT2D eigenvalue weighted by molar-refractivity contribution is 5.85. The SMILES string of the molecule is Cl.Cl.N[C@@H]1C[C@H]2CO[C@@H](c3ccccc3)CN2C1. The van der Waals surface area contributed by atoms with E-state index in [1.165, 1.54) is 5.56 Å². The topological polar surface area (TPSA) is 38.5 Å². The van der Waals surface area contributed by atoms with Gasteiger partial charge in [-0.3, -0.25) is 4.90 Å². The van der Waals surface area contributed by atoms with Crippen molar-refractivity contribution >= 4 is 24.8 Å². The first-order valence-electron chi connectivity index (χ1n) is 5.99. The number of rotatable bonds is 1. The minimum atomic E-state index is 0. The number of hydrogen-bond donors (Lipinski definition) is 1. The molecule has 2 fully saturated rings. The van der Waals surface area contributed by atoms with Gasteiger partial charge in [-0.05, 0) is 12.0 Å². The van der Waals surface area contributed by atoms with Crippen molar-refractivity contribution in [2.45, 2.75) is 24.6 Å². The number of ether oxygens (including phenoxy) is 1. The van der Waals surface area contributed by atoms with Gasteiger partial charge in [0, 0.05) is 25.2 Å². The van der Waals surface area contributed by atoms with Crippen LogP contribution in [0.25, 0.3) is 0 Å². The Morgan fingerprint density at radius 2 is 1.83 bits per heavy atom. The average Bonchev–Trinajstić information content (AvgIpc) is 2.69. The molecular weight excluding hydrogens is 271 g/mol. The maximum atomic E-state index is 5.98. The van der Waals surface area contributed by atoms with E-state index in [2.05, 4.69) is 29.2 Å². The third-order valence-corrected chi connectivity index (χ3v) is 3.62. The van der Waals surface area contributed by atoms with Gasteiger partial charge in [-0.2, -0.15) is 0 Å². The molecule has 3 atom stereocenters. The highest BCUT2D eigenvalue weighted by atomic mass is 35.5. The number of halogens is 2. The van der Waals surface area contributed by atoms with Crippen molar-refractivity contribution in [3.8, 4) is 0 Å². The molecule has 2 heterocycles. The molecule has 102 valence electrons. The summed E-state index contributed by atoms with van der Waals surface area (Å²) in [6, 6.07) is 11.3. The molecule has 3 nitrogen and oxygen atoms in total. The third kappa shape index (κ3) is 3.16. The van der Waals surface area contributed by atoms with Crippen LogP contribution in [0.15, 0.2) is 30.3 Å². The van der Waals surface area contributed by atoms with Crippen LogP contribution >= 0.6 is 24.8 Å². The molecule has 1 aromatic rings. The smallest absolute Gasteiger partial charge is 0.0952 e. The Bertz CT molecular complexity index is 363. The van der Waals surface area contributed by atoms with E-state index in [0.29, 0.717) is 12.1 Å². The van der Waals surface area contributed by atoms with Gasteiger partial charge in [-0.1, -0.05) is 30.3 Å². The van der Waals surface area contributed by atoms with E-state index >= 15 is 0 Å². The van der Waals surface area contributed by atoms with Crippen LogP contribution < -0.4 is 5.73 Å². The molecule has 0 spiro atoms. The van der Waals surface area contributed by atoms with Crippen LogP contribution in [0, 0.1) is 0 Å². The van der Waals surface area contributed by atoms with Crippen molar-refractivity contribution in [2.24, 2.45) is 5.73 Å². The first kappa shape index (κ1) is 15.7. The van der Waals surface area contributed by atoms with Gasteiger partial charge in [0.15, 0.2) is 0 Å². The van der Waals surface area contributed by atoms with E-state index in [9.17, 15) is 0 Å². The van der Waals surface area contributed by atoms with E-state index in [1.807, 2.05) is 6.07 Å². The van der Waals surface area contributed by atoms with Crippen LogP contribution in [0.5, 0.6) is 0 Å². The van der Waals surface area contributed by atoms with Crippen LogP contribution in [0.2, 0.25) is 0 Å². The summed E-state index contributed by atoms with van der Waals surface area (Å²) in [7, 11) is 0. The molecule has 0 saturated carbocycles. The highest BCUT2D eigenvalue weighted by Gasteiger charge is 2.36. The van der Waals surface area contributed by atoms with Crippen LogP contribution in [-0.4, -0.2) is 36.7 Å². The fourth-order valence-corrected chi connectivity index (χ4v) is 2.78. The second-order valence-corrected chi connectivity index (χ2v) is 4.84. The number of nitrogens with two attached hydrogens (primary N) is 1. The second-order valence-electron chi connectivity index (χ2n) is 4.84. The van der Waals surface area contributed by atoms with Crippen molar-refractivity contribution in [3.63, 3.8) is 0 Å². The van der Waals surface area contributed by atoms with E-state index < -0.39 is 0 Å². The van der Waals surface area contributed by atoms with E-state index in [-0.39, 0.29) is 30.9 Å². The van der Waals surface area contributed by atoms with E-state index in [0.717, 1.165) is 26.1 Å². The van der Waals surface area contributed by atoms with Gasteiger partial charge in [-0.15, -0.1) is 24.8 Å². The molecule has 2 aliphatic rings. The fraction of sp³-hybridized carbons (Fsp3) is 0.538. The maximum absolute atomic E-state index is 5.98. The van der Waals surface area contributed by atoms with E-state index in [4.69, 9.17) is 10.5 Å². The Balaban J connectivity index is 0.000000810. The lowest BCUT2D eigenvalue weighted by Crippen LogP contribution is -2.42. The second kappa shape index (κ2) is 6.73. The number of benzene rings is 1. The monoisotopic (exact) mass is 290 g/mol. The standard InChI is InChI=1S/C13H18N2O.2ClH/c14-11-6-12-9-16-13(8-15(12)7-11)10-4-2-1-3-5-10;;/h1-5,11-13H,6-9,14H2;2*1H/t11-,12+,13-;;/m1../s1. The number of nitrogens with zero attached hydrogens (tertiary/aromatic N) is 1. The lowest BCUT2D eigenvalue weighted by atomic mass is 10.1.